The number of alkyl halides is 1. The number of para-hydroxylation sites is 1. The minimum atomic E-state index is -1.08. The molecule has 0 radical (unpaired) electrons. The number of hydrogen-bond donors (Lipinski definition) is 0. The predicted molar refractivity (Wildman–Crippen MR) is 120 cm³/mol. The van der Waals surface area contributed by atoms with Gasteiger partial charge in [0.25, 0.3) is 0 Å². The molecule has 0 unspecified atom stereocenters. The van der Waals surface area contributed by atoms with Crippen LogP contribution in [-0.4, -0.2) is 42.8 Å². The highest BCUT2D eigenvalue weighted by atomic mass is 35.5. The van der Waals surface area contributed by atoms with E-state index in [2.05, 4.69) is 98.1 Å². The smallest absolute Gasteiger partial charge is 0.209 e. The lowest BCUT2D eigenvalue weighted by atomic mass is 9.81. The number of aliphatic carboxylic acids is 1. The molecular weight excluding hydrogens is 384 g/mol. The number of rotatable bonds is 5. The molecule has 2 aromatic rings. The Bertz CT molecular complexity index is 911. The first-order valence-electron chi connectivity index (χ1n) is 9.62. The molecule has 0 aromatic heterocycles. The fraction of sp³-hybridized carbons (Fsp3) is 0.333. The lowest BCUT2D eigenvalue weighted by Gasteiger charge is -2.17. The van der Waals surface area contributed by atoms with E-state index in [-0.39, 0.29) is 5.41 Å². The van der Waals surface area contributed by atoms with Gasteiger partial charge in [-0.25, -0.2) is 0 Å². The Morgan fingerprint density at radius 2 is 1.72 bits per heavy atom. The van der Waals surface area contributed by atoms with Crippen molar-refractivity contribution in [2.45, 2.75) is 26.2 Å². The van der Waals surface area contributed by atoms with Gasteiger partial charge in [0, 0.05) is 48.8 Å². The van der Waals surface area contributed by atoms with Crippen molar-refractivity contribution in [2.24, 2.45) is 0 Å². The Kier molecular flexibility index (Phi) is 7.63. The molecule has 0 atom stereocenters. The van der Waals surface area contributed by atoms with Crippen LogP contribution in [0, 0.1) is 0 Å². The number of carbonyl (C=O) groups excluding carboxylic acids is 1. The van der Waals surface area contributed by atoms with E-state index in [0.717, 1.165) is 13.5 Å². The van der Waals surface area contributed by atoms with Gasteiger partial charge in [-0.15, -0.1) is 11.6 Å². The van der Waals surface area contributed by atoms with Gasteiger partial charge in [-0.3, -0.25) is 0 Å². The number of allylic oxidation sites excluding steroid dienone is 1. The molecule has 154 valence electrons. The van der Waals surface area contributed by atoms with Crippen molar-refractivity contribution in [2.75, 3.05) is 31.4 Å². The van der Waals surface area contributed by atoms with Crippen LogP contribution in [0.5, 0.6) is 0 Å². The maximum absolute atomic E-state index is 8.89. The van der Waals surface area contributed by atoms with Gasteiger partial charge in [-0.1, -0.05) is 30.3 Å². The number of carboxylic acids is 1. The third kappa shape index (κ3) is 5.48. The van der Waals surface area contributed by atoms with Crippen LogP contribution in [0.2, 0.25) is 0 Å². The number of halogens is 1. The Balaban J connectivity index is 0.000000687. The molecule has 0 saturated carbocycles. The van der Waals surface area contributed by atoms with Crippen LogP contribution in [-0.2, 0) is 10.2 Å². The number of carbonyl (C=O) groups is 1. The summed E-state index contributed by atoms with van der Waals surface area (Å²) in [6.45, 7) is 6.41. The van der Waals surface area contributed by atoms with Gasteiger partial charge in [-0.05, 0) is 44.5 Å². The molecule has 3 rings (SSSR count). The summed E-state index contributed by atoms with van der Waals surface area (Å²) < 4.78 is 2.30. The van der Waals surface area contributed by atoms with Crippen LogP contribution in [0.25, 0.3) is 6.08 Å². The van der Waals surface area contributed by atoms with Crippen molar-refractivity contribution in [3.05, 3.63) is 65.7 Å². The molecule has 2 aromatic carbocycles. The quantitative estimate of drug-likeness (QED) is 0.553. The van der Waals surface area contributed by atoms with Crippen LogP contribution in [0.4, 0.5) is 11.4 Å². The summed E-state index contributed by atoms with van der Waals surface area (Å²) in [5.41, 5.74) is 6.41. The van der Waals surface area contributed by atoms with Gasteiger partial charge < -0.3 is 14.8 Å². The third-order valence-corrected chi connectivity index (χ3v) is 5.30. The van der Waals surface area contributed by atoms with Gasteiger partial charge in [0.1, 0.15) is 7.05 Å². The van der Waals surface area contributed by atoms with Crippen LogP contribution in [0.3, 0.4) is 0 Å². The highest BCUT2D eigenvalue weighted by Gasteiger charge is 2.42. The molecular formula is C24H29ClN2O2. The van der Waals surface area contributed by atoms with Gasteiger partial charge >= 0.3 is 0 Å². The molecule has 29 heavy (non-hydrogen) atoms. The van der Waals surface area contributed by atoms with Crippen molar-refractivity contribution in [1.82, 2.24) is 0 Å². The number of benzene rings is 2. The molecule has 0 N–H and O–H groups in total. The van der Waals surface area contributed by atoms with E-state index in [1.54, 1.807) is 0 Å². The average Bonchev–Trinajstić information content (AvgIpc) is 2.86. The fourth-order valence-electron chi connectivity index (χ4n) is 3.57. The lowest BCUT2D eigenvalue weighted by molar-refractivity contribution is -0.401. The minimum Gasteiger partial charge on any atom is -0.550 e. The summed E-state index contributed by atoms with van der Waals surface area (Å²) in [5, 5.41) is 8.89. The molecule has 0 saturated heterocycles. The average molecular weight is 413 g/mol. The maximum Gasteiger partial charge on any atom is 0.209 e. The second kappa shape index (κ2) is 9.75. The first-order chi connectivity index (χ1) is 13.7. The summed E-state index contributed by atoms with van der Waals surface area (Å²) in [4.78, 5) is 11.1. The Hall–Kier alpha value is -2.59. The first kappa shape index (κ1) is 22.7. The highest BCUT2D eigenvalue weighted by molar-refractivity contribution is 6.18. The standard InChI is InChI=1S/C22H26ClN2.C2H4O2/c1-22(2)19-7-5-6-8-20(19)25(4)21(22)14-11-17-9-12-18(13-10-17)24(3)16-15-23;1-2(3)4/h5-14H,15-16H2,1-4H3;1H3,(H,3,4)/q+1;/p-1. The summed E-state index contributed by atoms with van der Waals surface area (Å²) in [6, 6.07) is 17.3. The second-order valence-corrected chi connectivity index (χ2v) is 7.99. The SMILES string of the molecule is CC(=O)[O-].CN(CCCl)c1ccc(C=CC2=[N+](C)c3ccccc3C2(C)C)cc1. The topological polar surface area (TPSA) is 46.4 Å². The van der Waals surface area contributed by atoms with Crippen molar-refractivity contribution in [1.29, 1.82) is 0 Å². The van der Waals surface area contributed by atoms with E-state index in [9.17, 15) is 0 Å². The summed E-state index contributed by atoms with van der Waals surface area (Å²) in [6.07, 6.45) is 4.45. The summed E-state index contributed by atoms with van der Waals surface area (Å²) in [7, 11) is 4.22. The fourth-order valence-corrected chi connectivity index (χ4v) is 3.83. The molecule has 0 fully saturated rings. The Morgan fingerprint density at radius 1 is 1.14 bits per heavy atom. The van der Waals surface area contributed by atoms with Gasteiger partial charge in [0.05, 0.1) is 5.41 Å². The molecule has 0 amide bonds. The third-order valence-electron chi connectivity index (χ3n) is 5.13. The lowest BCUT2D eigenvalue weighted by Crippen LogP contribution is -2.26. The zero-order valence-corrected chi connectivity index (χ0v) is 18.5. The predicted octanol–water partition coefficient (Wildman–Crippen LogP) is 3.84. The monoisotopic (exact) mass is 412 g/mol. The Labute approximate surface area is 178 Å². The number of anilines is 1. The molecule has 0 aliphatic carbocycles. The van der Waals surface area contributed by atoms with E-state index in [1.165, 1.54) is 28.2 Å². The van der Waals surface area contributed by atoms with Crippen LogP contribution in [0.15, 0.2) is 54.6 Å². The van der Waals surface area contributed by atoms with Crippen molar-refractivity contribution in [3.63, 3.8) is 0 Å². The molecule has 4 nitrogen and oxygen atoms in total. The normalized spacial score (nSPS) is 14.4. The van der Waals surface area contributed by atoms with E-state index in [4.69, 9.17) is 21.5 Å². The van der Waals surface area contributed by atoms with E-state index in [0.29, 0.717) is 5.88 Å². The Morgan fingerprint density at radius 3 is 2.28 bits per heavy atom. The number of fused-ring (bicyclic) bond motifs is 1. The van der Waals surface area contributed by atoms with Gasteiger partial charge in [-0.2, -0.15) is 4.58 Å². The van der Waals surface area contributed by atoms with Crippen LogP contribution < -0.4 is 10.0 Å². The zero-order valence-electron chi connectivity index (χ0n) is 17.8. The molecule has 5 heteroatoms. The number of hydrogen-bond acceptors (Lipinski definition) is 3. The molecule has 0 bridgehead atoms. The van der Waals surface area contributed by atoms with Crippen molar-refractivity contribution < 1.29 is 14.5 Å². The molecule has 1 aliphatic rings. The van der Waals surface area contributed by atoms with Crippen molar-refractivity contribution >= 4 is 40.7 Å². The molecule has 1 heterocycles. The highest BCUT2D eigenvalue weighted by Crippen LogP contribution is 2.39. The van der Waals surface area contributed by atoms with Gasteiger partial charge in [0.2, 0.25) is 5.69 Å². The van der Waals surface area contributed by atoms with Crippen LogP contribution in [0.1, 0.15) is 31.9 Å². The van der Waals surface area contributed by atoms with E-state index < -0.39 is 5.97 Å². The minimum absolute atomic E-state index is 0.0162. The molecule has 1 aliphatic heterocycles. The van der Waals surface area contributed by atoms with E-state index >= 15 is 0 Å². The van der Waals surface area contributed by atoms with Crippen molar-refractivity contribution in [3.8, 4) is 0 Å². The summed E-state index contributed by atoms with van der Waals surface area (Å²) >= 11 is 5.82. The maximum atomic E-state index is 8.89. The number of nitrogens with zero attached hydrogens (tertiary/aromatic N) is 2. The number of carboxylic acid groups (broad SMARTS) is 1. The molecule has 0 spiro atoms. The van der Waals surface area contributed by atoms with Crippen LogP contribution >= 0.6 is 11.6 Å². The van der Waals surface area contributed by atoms with Gasteiger partial charge in [0.15, 0.2) is 5.71 Å². The first-order valence-corrected chi connectivity index (χ1v) is 10.2. The second-order valence-electron chi connectivity index (χ2n) is 7.61. The summed E-state index contributed by atoms with van der Waals surface area (Å²) in [5.74, 6) is -0.446. The largest absolute Gasteiger partial charge is 0.550 e. The van der Waals surface area contributed by atoms with E-state index in [1.807, 2.05) is 0 Å². The zero-order chi connectivity index (χ0) is 21.6.